The van der Waals surface area contributed by atoms with Crippen LogP contribution in [0.3, 0.4) is 0 Å². The molecular formula is C23H21ClO2. The summed E-state index contributed by atoms with van der Waals surface area (Å²) < 4.78 is 6.34. The van der Waals surface area contributed by atoms with E-state index >= 15 is 0 Å². The molecule has 0 saturated heterocycles. The predicted molar refractivity (Wildman–Crippen MR) is 106 cm³/mol. The van der Waals surface area contributed by atoms with Gasteiger partial charge >= 0.3 is 0 Å². The first-order valence-corrected chi connectivity index (χ1v) is 9.26. The molecule has 1 heterocycles. The number of fused-ring (bicyclic) bond motifs is 3. The second-order valence-corrected chi connectivity index (χ2v) is 7.72. The number of hydrogen-bond acceptors (Lipinski definition) is 2. The standard InChI is InChI=1S/C23H21ClO2/c1-15-5-3-4-6-16(15)11-17-14-26-23(2)10-9-19(25)13-22(23)21-12-18(24)7-8-20(17)21/h3-12,22H,13-14H2,1-2H3/b17-11+/t22-,23-/m0/s1. The summed E-state index contributed by atoms with van der Waals surface area (Å²) in [6, 6.07) is 14.3. The van der Waals surface area contributed by atoms with Crippen LogP contribution in [0, 0.1) is 6.92 Å². The van der Waals surface area contributed by atoms with Crippen molar-refractivity contribution < 1.29 is 9.53 Å². The van der Waals surface area contributed by atoms with Gasteiger partial charge in [-0.1, -0.05) is 41.9 Å². The lowest BCUT2D eigenvalue weighted by molar-refractivity contribution is -0.117. The summed E-state index contributed by atoms with van der Waals surface area (Å²) >= 11 is 6.31. The maximum Gasteiger partial charge on any atom is 0.156 e. The van der Waals surface area contributed by atoms with E-state index in [0.29, 0.717) is 18.1 Å². The molecule has 2 aromatic carbocycles. The van der Waals surface area contributed by atoms with Crippen LogP contribution in [0.25, 0.3) is 11.6 Å². The molecule has 1 aliphatic heterocycles. The van der Waals surface area contributed by atoms with Crippen LogP contribution in [0.4, 0.5) is 0 Å². The van der Waals surface area contributed by atoms with Gasteiger partial charge < -0.3 is 4.74 Å². The number of ketones is 1. The van der Waals surface area contributed by atoms with Crippen molar-refractivity contribution >= 4 is 29.0 Å². The van der Waals surface area contributed by atoms with Gasteiger partial charge in [0.1, 0.15) is 0 Å². The Morgan fingerprint density at radius 2 is 2.04 bits per heavy atom. The molecule has 0 radical (unpaired) electrons. The summed E-state index contributed by atoms with van der Waals surface area (Å²) in [5, 5.41) is 0.685. The first kappa shape index (κ1) is 17.3. The van der Waals surface area contributed by atoms with Crippen molar-refractivity contribution in [2.24, 2.45) is 0 Å². The lowest BCUT2D eigenvalue weighted by atomic mass is 9.75. The van der Waals surface area contributed by atoms with Gasteiger partial charge in [0.25, 0.3) is 0 Å². The predicted octanol–water partition coefficient (Wildman–Crippen LogP) is 5.59. The van der Waals surface area contributed by atoms with E-state index in [2.05, 4.69) is 38.1 Å². The number of halogens is 1. The largest absolute Gasteiger partial charge is 0.366 e. The number of ether oxygens (including phenoxy) is 1. The second kappa shape index (κ2) is 6.53. The molecule has 0 saturated carbocycles. The summed E-state index contributed by atoms with van der Waals surface area (Å²) in [7, 11) is 0. The van der Waals surface area contributed by atoms with Crippen LogP contribution in [-0.4, -0.2) is 18.0 Å². The summed E-state index contributed by atoms with van der Waals surface area (Å²) in [4.78, 5) is 12.1. The molecule has 0 bridgehead atoms. The molecule has 0 unspecified atom stereocenters. The minimum atomic E-state index is -0.505. The summed E-state index contributed by atoms with van der Waals surface area (Å²) in [6.07, 6.45) is 6.19. The number of benzene rings is 2. The molecule has 3 heteroatoms. The fourth-order valence-corrected chi connectivity index (χ4v) is 4.08. The fraction of sp³-hybridized carbons (Fsp3) is 0.261. The van der Waals surface area contributed by atoms with Crippen molar-refractivity contribution in [3.63, 3.8) is 0 Å². The van der Waals surface area contributed by atoms with Crippen molar-refractivity contribution in [2.45, 2.75) is 31.8 Å². The topological polar surface area (TPSA) is 26.3 Å². The van der Waals surface area contributed by atoms with Crippen LogP contribution >= 0.6 is 11.6 Å². The fourth-order valence-electron chi connectivity index (χ4n) is 3.90. The van der Waals surface area contributed by atoms with Gasteiger partial charge in [-0.3, -0.25) is 4.79 Å². The van der Waals surface area contributed by atoms with Crippen molar-refractivity contribution in [1.29, 1.82) is 0 Å². The minimum absolute atomic E-state index is 0.0310. The molecule has 0 aromatic heterocycles. The van der Waals surface area contributed by atoms with Gasteiger partial charge in [0, 0.05) is 17.4 Å². The Bertz CT molecular complexity index is 941. The molecule has 0 amide bonds. The molecule has 0 fully saturated rings. The van der Waals surface area contributed by atoms with Crippen LogP contribution in [-0.2, 0) is 9.53 Å². The summed E-state index contributed by atoms with van der Waals surface area (Å²) in [5.74, 6) is 0.102. The van der Waals surface area contributed by atoms with Crippen LogP contribution in [0.1, 0.15) is 41.5 Å². The Morgan fingerprint density at radius 1 is 1.23 bits per heavy atom. The molecule has 132 valence electrons. The molecule has 4 rings (SSSR count). The number of aryl methyl sites for hydroxylation is 1. The van der Waals surface area contributed by atoms with E-state index in [1.807, 2.05) is 30.3 Å². The number of rotatable bonds is 1. The lowest BCUT2D eigenvalue weighted by Gasteiger charge is -2.36. The Morgan fingerprint density at radius 3 is 2.85 bits per heavy atom. The number of allylic oxidation sites excluding steroid dienone is 1. The van der Waals surface area contributed by atoms with Gasteiger partial charge in [-0.05, 0) is 72.0 Å². The molecule has 2 nitrogen and oxygen atoms in total. The first-order chi connectivity index (χ1) is 12.5. The van der Waals surface area contributed by atoms with Crippen LogP contribution in [0.2, 0.25) is 5.02 Å². The highest BCUT2D eigenvalue weighted by Gasteiger charge is 2.41. The molecule has 2 aromatic rings. The van der Waals surface area contributed by atoms with E-state index in [1.54, 1.807) is 6.08 Å². The van der Waals surface area contributed by atoms with Crippen molar-refractivity contribution in [2.75, 3.05) is 6.61 Å². The normalized spacial score (nSPS) is 26.3. The molecule has 1 aliphatic carbocycles. The van der Waals surface area contributed by atoms with E-state index < -0.39 is 5.60 Å². The lowest BCUT2D eigenvalue weighted by Crippen LogP contribution is -2.37. The summed E-state index contributed by atoms with van der Waals surface area (Å²) in [5.41, 5.74) is 5.22. The summed E-state index contributed by atoms with van der Waals surface area (Å²) in [6.45, 7) is 4.66. The average molecular weight is 365 g/mol. The second-order valence-electron chi connectivity index (χ2n) is 7.29. The number of carbonyl (C=O) groups excluding carboxylic acids is 1. The average Bonchev–Trinajstić information content (AvgIpc) is 2.73. The molecule has 0 spiro atoms. The Labute approximate surface area is 159 Å². The van der Waals surface area contributed by atoms with Gasteiger partial charge in [-0.2, -0.15) is 0 Å². The molecule has 0 N–H and O–H groups in total. The highest BCUT2D eigenvalue weighted by atomic mass is 35.5. The van der Waals surface area contributed by atoms with Crippen molar-refractivity contribution in [1.82, 2.24) is 0 Å². The third-order valence-corrected chi connectivity index (χ3v) is 5.72. The van der Waals surface area contributed by atoms with Crippen molar-refractivity contribution in [3.05, 3.63) is 81.9 Å². The Kier molecular flexibility index (Phi) is 4.34. The van der Waals surface area contributed by atoms with Crippen LogP contribution in [0.15, 0.2) is 54.6 Å². The van der Waals surface area contributed by atoms with E-state index in [0.717, 1.165) is 16.7 Å². The van der Waals surface area contributed by atoms with Crippen molar-refractivity contribution in [3.8, 4) is 0 Å². The SMILES string of the molecule is Cc1ccccc1/C=C1\CO[C@@]2(C)C=CC(=O)C[C@H]2c2cc(Cl)ccc21. The smallest absolute Gasteiger partial charge is 0.156 e. The zero-order chi connectivity index (χ0) is 18.3. The van der Waals surface area contributed by atoms with E-state index in [1.165, 1.54) is 11.1 Å². The third-order valence-electron chi connectivity index (χ3n) is 5.49. The van der Waals surface area contributed by atoms with Gasteiger partial charge in [-0.15, -0.1) is 0 Å². The van der Waals surface area contributed by atoms with Crippen LogP contribution < -0.4 is 0 Å². The highest BCUT2D eigenvalue weighted by molar-refractivity contribution is 6.30. The van der Waals surface area contributed by atoms with Crippen LogP contribution in [0.5, 0.6) is 0 Å². The molecule has 2 atom stereocenters. The Balaban J connectivity index is 1.90. The van der Waals surface area contributed by atoms with Gasteiger partial charge in [0.05, 0.1) is 12.2 Å². The van der Waals surface area contributed by atoms with Gasteiger partial charge in [0.15, 0.2) is 5.78 Å². The number of hydrogen-bond donors (Lipinski definition) is 0. The monoisotopic (exact) mass is 364 g/mol. The molecule has 26 heavy (non-hydrogen) atoms. The zero-order valence-corrected chi connectivity index (χ0v) is 15.7. The first-order valence-electron chi connectivity index (χ1n) is 8.88. The van der Waals surface area contributed by atoms with E-state index in [-0.39, 0.29) is 11.7 Å². The van der Waals surface area contributed by atoms with E-state index in [9.17, 15) is 4.79 Å². The third kappa shape index (κ3) is 3.04. The maximum absolute atomic E-state index is 12.1. The number of carbonyl (C=O) groups is 1. The maximum atomic E-state index is 12.1. The molecular weight excluding hydrogens is 344 g/mol. The van der Waals surface area contributed by atoms with Gasteiger partial charge in [-0.25, -0.2) is 0 Å². The van der Waals surface area contributed by atoms with Gasteiger partial charge in [0.2, 0.25) is 0 Å². The minimum Gasteiger partial charge on any atom is -0.366 e. The highest BCUT2D eigenvalue weighted by Crippen LogP contribution is 2.45. The quantitative estimate of drug-likeness (QED) is 0.659. The Hall–Kier alpha value is -2.16. The molecule has 2 aliphatic rings. The zero-order valence-electron chi connectivity index (χ0n) is 15.0. The van der Waals surface area contributed by atoms with E-state index in [4.69, 9.17) is 16.3 Å².